The van der Waals surface area contributed by atoms with Gasteiger partial charge >= 0.3 is 0 Å². The highest BCUT2D eigenvalue weighted by Gasteiger charge is 2.08. The van der Waals surface area contributed by atoms with E-state index in [4.69, 9.17) is 0 Å². The van der Waals surface area contributed by atoms with Crippen LogP contribution < -0.4 is 10.2 Å². The molecule has 0 radical (unpaired) electrons. The fraction of sp³-hybridized carbons (Fsp3) is 0.231. The SMILES string of the molecule is CCN(c1ccccc1)c1ccnc(NC)n1. The number of para-hydroxylation sites is 1. The van der Waals surface area contributed by atoms with Crippen molar-refractivity contribution < 1.29 is 0 Å². The van der Waals surface area contributed by atoms with Crippen LogP contribution in [0.2, 0.25) is 0 Å². The first-order valence-electron chi connectivity index (χ1n) is 5.68. The van der Waals surface area contributed by atoms with Crippen molar-refractivity contribution in [3.8, 4) is 0 Å². The lowest BCUT2D eigenvalue weighted by atomic mass is 10.3. The lowest BCUT2D eigenvalue weighted by molar-refractivity contribution is 0.977. The van der Waals surface area contributed by atoms with Gasteiger partial charge in [-0.25, -0.2) is 4.98 Å². The maximum Gasteiger partial charge on any atom is 0.224 e. The van der Waals surface area contributed by atoms with Gasteiger partial charge in [-0.1, -0.05) is 18.2 Å². The Bertz CT molecular complexity index is 470. The number of rotatable bonds is 4. The highest BCUT2D eigenvalue weighted by molar-refractivity contribution is 5.60. The van der Waals surface area contributed by atoms with E-state index in [2.05, 4.69) is 39.2 Å². The molecule has 0 aliphatic carbocycles. The zero-order chi connectivity index (χ0) is 12.1. The Balaban J connectivity index is 2.35. The molecule has 0 fully saturated rings. The Morgan fingerprint density at radius 1 is 1.18 bits per heavy atom. The summed E-state index contributed by atoms with van der Waals surface area (Å²) in [5.74, 6) is 1.54. The predicted octanol–water partition coefficient (Wildman–Crippen LogP) is 2.68. The molecule has 1 N–H and O–H groups in total. The molecule has 0 saturated carbocycles. The third-order valence-corrected chi connectivity index (χ3v) is 2.53. The van der Waals surface area contributed by atoms with Gasteiger partial charge in [0.15, 0.2) is 0 Å². The average Bonchev–Trinajstić information content (AvgIpc) is 2.41. The van der Waals surface area contributed by atoms with Crippen LogP contribution in [0.5, 0.6) is 0 Å². The molecule has 1 heterocycles. The summed E-state index contributed by atoms with van der Waals surface area (Å²) in [5.41, 5.74) is 1.13. The van der Waals surface area contributed by atoms with Crippen LogP contribution in [-0.4, -0.2) is 23.6 Å². The van der Waals surface area contributed by atoms with Crippen molar-refractivity contribution in [3.63, 3.8) is 0 Å². The Hall–Kier alpha value is -2.10. The molecule has 1 aromatic carbocycles. The maximum atomic E-state index is 4.44. The summed E-state index contributed by atoms with van der Waals surface area (Å²) in [6.45, 7) is 2.97. The number of hydrogen-bond acceptors (Lipinski definition) is 4. The van der Waals surface area contributed by atoms with E-state index in [0.717, 1.165) is 18.1 Å². The van der Waals surface area contributed by atoms with E-state index >= 15 is 0 Å². The zero-order valence-electron chi connectivity index (χ0n) is 10.1. The van der Waals surface area contributed by atoms with E-state index in [9.17, 15) is 0 Å². The van der Waals surface area contributed by atoms with E-state index in [-0.39, 0.29) is 0 Å². The highest BCUT2D eigenvalue weighted by atomic mass is 15.2. The molecule has 0 aliphatic heterocycles. The monoisotopic (exact) mass is 228 g/mol. The summed E-state index contributed by atoms with van der Waals surface area (Å²) in [4.78, 5) is 10.7. The van der Waals surface area contributed by atoms with Crippen molar-refractivity contribution in [2.24, 2.45) is 0 Å². The quantitative estimate of drug-likeness (QED) is 0.873. The summed E-state index contributed by atoms with van der Waals surface area (Å²) in [7, 11) is 1.82. The average molecular weight is 228 g/mol. The van der Waals surface area contributed by atoms with Gasteiger partial charge < -0.3 is 10.2 Å². The molecule has 0 unspecified atom stereocenters. The smallest absolute Gasteiger partial charge is 0.224 e. The molecule has 0 amide bonds. The van der Waals surface area contributed by atoms with Crippen LogP contribution in [0.3, 0.4) is 0 Å². The topological polar surface area (TPSA) is 41.1 Å². The first-order valence-corrected chi connectivity index (χ1v) is 5.68. The van der Waals surface area contributed by atoms with Crippen molar-refractivity contribution >= 4 is 17.5 Å². The first-order chi connectivity index (χ1) is 8.35. The molecule has 2 aromatic rings. The number of aromatic nitrogens is 2. The van der Waals surface area contributed by atoms with Gasteiger partial charge in [0.2, 0.25) is 5.95 Å². The number of anilines is 3. The fourth-order valence-corrected chi connectivity index (χ4v) is 1.70. The van der Waals surface area contributed by atoms with Crippen molar-refractivity contribution in [1.82, 2.24) is 9.97 Å². The molecule has 17 heavy (non-hydrogen) atoms. The van der Waals surface area contributed by atoms with Gasteiger partial charge in [0.1, 0.15) is 5.82 Å². The summed E-state index contributed by atoms with van der Waals surface area (Å²) >= 11 is 0. The van der Waals surface area contributed by atoms with Gasteiger partial charge in [-0.2, -0.15) is 4.98 Å². The van der Waals surface area contributed by atoms with Crippen LogP contribution in [0, 0.1) is 0 Å². The molecule has 0 bridgehead atoms. The van der Waals surface area contributed by atoms with E-state index in [1.165, 1.54) is 0 Å². The van der Waals surface area contributed by atoms with Gasteiger partial charge in [0.05, 0.1) is 0 Å². The van der Waals surface area contributed by atoms with Gasteiger partial charge in [-0.05, 0) is 25.1 Å². The molecular formula is C13H16N4. The summed E-state index contributed by atoms with van der Waals surface area (Å²) in [6, 6.07) is 12.1. The number of nitrogens with one attached hydrogen (secondary N) is 1. The van der Waals surface area contributed by atoms with Crippen molar-refractivity contribution in [2.75, 3.05) is 23.8 Å². The van der Waals surface area contributed by atoms with Crippen LogP contribution in [0.25, 0.3) is 0 Å². The van der Waals surface area contributed by atoms with E-state index in [1.807, 2.05) is 31.3 Å². The van der Waals surface area contributed by atoms with Crippen molar-refractivity contribution in [2.45, 2.75) is 6.92 Å². The predicted molar refractivity (Wildman–Crippen MR) is 70.7 cm³/mol. The largest absolute Gasteiger partial charge is 0.357 e. The van der Waals surface area contributed by atoms with Crippen LogP contribution in [0.15, 0.2) is 42.6 Å². The van der Waals surface area contributed by atoms with E-state index < -0.39 is 0 Å². The van der Waals surface area contributed by atoms with Crippen molar-refractivity contribution in [1.29, 1.82) is 0 Å². The minimum Gasteiger partial charge on any atom is -0.357 e. The third-order valence-electron chi connectivity index (χ3n) is 2.53. The molecule has 4 nitrogen and oxygen atoms in total. The zero-order valence-corrected chi connectivity index (χ0v) is 10.1. The number of hydrogen-bond donors (Lipinski definition) is 1. The summed E-state index contributed by atoms with van der Waals surface area (Å²) in [5, 5.41) is 2.95. The van der Waals surface area contributed by atoms with E-state index in [0.29, 0.717) is 5.95 Å². The minimum absolute atomic E-state index is 0.636. The van der Waals surface area contributed by atoms with Gasteiger partial charge in [-0.15, -0.1) is 0 Å². The molecular weight excluding hydrogens is 212 g/mol. The van der Waals surface area contributed by atoms with Gasteiger partial charge in [-0.3, -0.25) is 0 Å². The molecule has 0 spiro atoms. The molecule has 0 saturated heterocycles. The molecule has 2 rings (SSSR count). The molecule has 4 heteroatoms. The summed E-state index contributed by atoms with van der Waals surface area (Å²) in [6.07, 6.45) is 1.76. The van der Waals surface area contributed by atoms with Gasteiger partial charge in [0.25, 0.3) is 0 Å². The first kappa shape index (κ1) is 11.4. The van der Waals surface area contributed by atoms with Crippen LogP contribution >= 0.6 is 0 Å². The second-order valence-corrected chi connectivity index (χ2v) is 3.57. The number of benzene rings is 1. The third kappa shape index (κ3) is 2.53. The molecule has 0 atom stereocenters. The van der Waals surface area contributed by atoms with Crippen LogP contribution in [0.1, 0.15) is 6.92 Å². The molecule has 88 valence electrons. The second kappa shape index (κ2) is 5.30. The lowest BCUT2D eigenvalue weighted by Crippen LogP contribution is -2.17. The Kier molecular flexibility index (Phi) is 3.55. The normalized spacial score (nSPS) is 10.0. The standard InChI is InChI=1S/C13H16N4/c1-3-17(11-7-5-4-6-8-11)12-9-10-15-13(14-2)16-12/h4-10H,3H2,1-2H3,(H,14,15,16). The number of nitrogens with zero attached hydrogens (tertiary/aromatic N) is 3. The highest BCUT2D eigenvalue weighted by Crippen LogP contribution is 2.22. The van der Waals surface area contributed by atoms with E-state index in [1.54, 1.807) is 6.20 Å². The maximum absolute atomic E-state index is 4.44. The summed E-state index contributed by atoms with van der Waals surface area (Å²) < 4.78 is 0. The lowest BCUT2D eigenvalue weighted by Gasteiger charge is -2.22. The minimum atomic E-state index is 0.636. The Labute approximate surface area is 101 Å². The second-order valence-electron chi connectivity index (χ2n) is 3.57. The molecule has 1 aromatic heterocycles. The molecule has 0 aliphatic rings. The van der Waals surface area contributed by atoms with Crippen LogP contribution in [0.4, 0.5) is 17.5 Å². The Morgan fingerprint density at radius 3 is 2.59 bits per heavy atom. The Morgan fingerprint density at radius 2 is 1.94 bits per heavy atom. The van der Waals surface area contributed by atoms with Crippen molar-refractivity contribution in [3.05, 3.63) is 42.6 Å². The fourth-order valence-electron chi connectivity index (χ4n) is 1.70. The van der Waals surface area contributed by atoms with Crippen LogP contribution in [-0.2, 0) is 0 Å². The van der Waals surface area contributed by atoms with Gasteiger partial charge in [0, 0.05) is 25.5 Å².